The lowest BCUT2D eigenvalue weighted by molar-refractivity contribution is -0.149. The minimum absolute atomic E-state index is 0.0522. The minimum atomic E-state index is -1.29. The number of phenols is 1. The molecule has 0 spiro atoms. The molecule has 0 saturated carbocycles. The second-order valence-electron chi connectivity index (χ2n) is 9.34. The molecule has 1 aromatic carbocycles. The Kier molecular flexibility index (Phi) is 12.0. The van der Waals surface area contributed by atoms with Crippen LogP contribution >= 0.6 is 0 Å². The summed E-state index contributed by atoms with van der Waals surface area (Å²) in [7, 11) is 0. The predicted molar refractivity (Wildman–Crippen MR) is 136 cm³/mol. The molecule has 1 heterocycles. The van der Waals surface area contributed by atoms with Gasteiger partial charge >= 0.3 is 11.9 Å². The van der Waals surface area contributed by atoms with Crippen molar-refractivity contribution in [2.24, 2.45) is 11.5 Å². The van der Waals surface area contributed by atoms with Gasteiger partial charge in [0.05, 0.1) is 6.04 Å². The van der Waals surface area contributed by atoms with Crippen molar-refractivity contribution in [1.82, 2.24) is 15.5 Å². The predicted octanol–water partition coefficient (Wildman–Crippen LogP) is -0.699. The number of hydrogen-bond acceptors (Lipinski definition) is 8. The van der Waals surface area contributed by atoms with E-state index in [4.69, 9.17) is 16.6 Å². The highest BCUT2D eigenvalue weighted by molar-refractivity contribution is 5.94. The first kappa shape index (κ1) is 30.5. The maximum absolute atomic E-state index is 13.2. The van der Waals surface area contributed by atoms with Gasteiger partial charge in [0, 0.05) is 13.0 Å². The molecule has 0 radical (unpaired) electrons. The second kappa shape index (κ2) is 14.9. The summed E-state index contributed by atoms with van der Waals surface area (Å²) in [5.74, 6) is -4.27. The summed E-state index contributed by atoms with van der Waals surface area (Å²) < 4.78 is 0. The molecule has 4 atom stereocenters. The summed E-state index contributed by atoms with van der Waals surface area (Å²) in [5, 5.41) is 33.1. The summed E-state index contributed by atoms with van der Waals surface area (Å²) >= 11 is 0. The smallest absolute Gasteiger partial charge is 0.326 e. The number of hydrogen-bond donors (Lipinski definition) is 7. The highest BCUT2D eigenvalue weighted by atomic mass is 16.4. The number of phenolic OH excluding ortho intramolecular Hbond substituents is 1. The number of carbonyl (C=O) groups is 5. The van der Waals surface area contributed by atoms with Gasteiger partial charge in [0.15, 0.2) is 0 Å². The maximum atomic E-state index is 13.2. The Balaban J connectivity index is 2.14. The molecular formula is C25H37N5O8. The van der Waals surface area contributed by atoms with Crippen molar-refractivity contribution in [1.29, 1.82) is 0 Å². The van der Waals surface area contributed by atoms with Crippen molar-refractivity contribution in [2.45, 2.75) is 75.5 Å². The van der Waals surface area contributed by atoms with Crippen molar-refractivity contribution in [3.63, 3.8) is 0 Å². The third kappa shape index (κ3) is 9.30. The van der Waals surface area contributed by atoms with Crippen LogP contribution in [0.15, 0.2) is 24.3 Å². The minimum Gasteiger partial charge on any atom is -0.508 e. The Morgan fingerprint density at radius 2 is 1.63 bits per heavy atom. The van der Waals surface area contributed by atoms with E-state index < -0.39 is 60.2 Å². The van der Waals surface area contributed by atoms with E-state index in [1.807, 2.05) is 0 Å². The molecule has 2 rings (SSSR count). The number of carboxylic acid groups (broad SMARTS) is 2. The molecule has 13 heteroatoms. The average Bonchev–Trinajstić information content (AvgIpc) is 3.37. The van der Waals surface area contributed by atoms with Gasteiger partial charge in [-0.25, -0.2) is 4.79 Å². The molecule has 1 aromatic rings. The van der Waals surface area contributed by atoms with E-state index in [0.717, 1.165) is 0 Å². The highest BCUT2D eigenvalue weighted by Gasteiger charge is 2.38. The monoisotopic (exact) mass is 535 g/mol. The first-order valence-corrected chi connectivity index (χ1v) is 12.6. The second-order valence-corrected chi connectivity index (χ2v) is 9.34. The molecule has 3 amide bonds. The van der Waals surface area contributed by atoms with Gasteiger partial charge in [-0.3, -0.25) is 19.2 Å². The van der Waals surface area contributed by atoms with Gasteiger partial charge in [-0.1, -0.05) is 12.1 Å². The first-order chi connectivity index (χ1) is 18.0. The van der Waals surface area contributed by atoms with E-state index in [2.05, 4.69) is 10.6 Å². The number of carbonyl (C=O) groups excluding carboxylic acids is 3. The van der Waals surface area contributed by atoms with Crippen LogP contribution in [0.3, 0.4) is 0 Å². The van der Waals surface area contributed by atoms with Crippen LogP contribution in [0.1, 0.15) is 50.5 Å². The van der Waals surface area contributed by atoms with Crippen LogP contribution in [0.2, 0.25) is 0 Å². The van der Waals surface area contributed by atoms with Crippen LogP contribution in [0.5, 0.6) is 5.75 Å². The molecule has 38 heavy (non-hydrogen) atoms. The number of likely N-dealkylation sites (tertiary alicyclic amines) is 1. The van der Waals surface area contributed by atoms with Gasteiger partial charge in [0.2, 0.25) is 17.7 Å². The normalized spacial score (nSPS) is 17.3. The van der Waals surface area contributed by atoms with E-state index in [1.54, 1.807) is 12.1 Å². The van der Waals surface area contributed by atoms with E-state index in [1.165, 1.54) is 17.0 Å². The number of unbranched alkanes of at least 4 members (excludes halogenated alkanes) is 1. The van der Waals surface area contributed by atoms with E-state index in [9.17, 15) is 34.2 Å². The quantitative estimate of drug-likeness (QED) is 0.140. The number of aromatic hydroxyl groups is 1. The van der Waals surface area contributed by atoms with Gasteiger partial charge in [0.1, 0.15) is 23.9 Å². The summed E-state index contributed by atoms with van der Waals surface area (Å²) in [6.45, 7) is 0.608. The summed E-state index contributed by atoms with van der Waals surface area (Å²) in [6, 6.07) is 1.67. The summed E-state index contributed by atoms with van der Waals surface area (Å²) in [5.41, 5.74) is 12.2. The maximum Gasteiger partial charge on any atom is 0.326 e. The Bertz CT molecular complexity index is 986. The Hall–Kier alpha value is -3.71. The third-order valence-corrected chi connectivity index (χ3v) is 6.39. The van der Waals surface area contributed by atoms with Gasteiger partial charge in [0.25, 0.3) is 0 Å². The zero-order valence-corrected chi connectivity index (χ0v) is 21.2. The average molecular weight is 536 g/mol. The topological polar surface area (TPSA) is 225 Å². The number of amides is 3. The first-order valence-electron chi connectivity index (χ1n) is 12.6. The third-order valence-electron chi connectivity index (χ3n) is 6.39. The molecule has 1 aliphatic heterocycles. The fourth-order valence-electron chi connectivity index (χ4n) is 4.30. The standard InChI is InChI=1S/C25H37N5O8/c26-12-2-1-4-19(24(36)30-13-3-5-20(30)25(37)38)29-23(35)18(10-11-21(32)33)28-22(34)17(27)14-15-6-8-16(31)9-7-15/h6-9,17-20,31H,1-5,10-14,26-27H2,(H,28,34)(H,29,35)(H,32,33)(H,37,38). The Morgan fingerprint density at radius 1 is 0.974 bits per heavy atom. The zero-order valence-electron chi connectivity index (χ0n) is 21.2. The van der Waals surface area contributed by atoms with Crippen molar-refractivity contribution in [3.8, 4) is 5.75 Å². The molecule has 4 unspecified atom stereocenters. The Labute approximate surface area is 220 Å². The van der Waals surface area contributed by atoms with E-state index >= 15 is 0 Å². The number of nitrogens with one attached hydrogen (secondary N) is 2. The molecule has 0 aromatic heterocycles. The lowest BCUT2D eigenvalue weighted by Gasteiger charge is -2.29. The Morgan fingerprint density at radius 3 is 2.24 bits per heavy atom. The van der Waals surface area contributed by atoms with Gasteiger partial charge in [-0.05, 0) is 69.2 Å². The van der Waals surface area contributed by atoms with Gasteiger partial charge < -0.3 is 42.3 Å². The number of benzene rings is 1. The number of aliphatic carboxylic acids is 2. The van der Waals surface area contributed by atoms with Crippen LogP contribution in [-0.4, -0.2) is 87.1 Å². The number of carboxylic acids is 2. The fourth-order valence-corrected chi connectivity index (χ4v) is 4.30. The van der Waals surface area contributed by atoms with Crippen LogP contribution in [0.4, 0.5) is 0 Å². The van der Waals surface area contributed by atoms with Gasteiger partial charge in [-0.2, -0.15) is 0 Å². The fraction of sp³-hybridized carbons (Fsp3) is 0.560. The number of rotatable bonds is 15. The van der Waals surface area contributed by atoms with Crippen molar-refractivity contribution >= 4 is 29.7 Å². The van der Waals surface area contributed by atoms with E-state index in [0.29, 0.717) is 37.8 Å². The zero-order chi connectivity index (χ0) is 28.2. The molecule has 0 aliphatic carbocycles. The number of nitrogens with zero attached hydrogens (tertiary/aromatic N) is 1. The SMILES string of the molecule is NCCCCC(NC(=O)C(CCC(=O)O)NC(=O)C(N)Cc1ccc(O)cc1)C(=O)N1CCCC1C(=O)O. The molecule has 9 N–H and O–H groups in total. The van der Waals surface area contributed by atoms with Crippen molar-refractivity contribution in [2.75, 3.05) is 13.1 Å². The molecular weight excluding hydrogens is 498 g/mol. The van der Waals surface area contributed by atoms with Crippen LogP contribution in [-0.2, 0) is 30.4 Å². The van der Waals surface area contributed by atoms with Crippen LogP contribution in [0, 0.1) is 0 Å². The molecule has 1 aliphatic rings. The van der Waals surface area contributed by atoms with Crippen LogP contribution in [0.25, 0.3) is 0 Å². The largest absolute Gasteiger partial charge is 0.508 e. The summed E-state index contributed by atoms with van der Waals surface area (Å²) in [4.78, 5) is 63.2. The van der Waals surface area contributed by atoms with Gasteiger partial charge in [-0.15, -0.1) is 0 Å². The van der Waals surface area contributed by atoms with E-state index in [-0.39, 0.29) is 31.6 Å². The highest BCUT2D eigenvalue weighted by Crippen LogP contribution is 2.20. The molecule has 1 saturated heterocycles. The molecule has 0 bridgehead atoms. The van der Waals surface area contributed by atoms with Crippen molar-refractivity contribution in [3.05, 3.63) is 29.8 Å². The molecule has 1 fully saturated rings. The molecule has 210 valence electrons. The van der Waals surface area contributed by atoms with Crippen LogP contribution < -0.4 is 22.1 Å². The summed E-state index contributed by atoms with van der Waals surface area (Å²) in [6.07, 6.45) is 1.52. The van der Waals surface area contributed by atoms with Crippen molar-refractivity contribution < 1.29 is 39.3 Å². The number of nitrogens with two attached hydrogens (primary N) is 2. The lowest BCUT2D eigenvalue weighted by Crippen LogP contribution is -2.57. The lowest BCUT2D eigenvalue weighted by atomic mass is 10.0. The molecule has 13 nitrogen and oxygen atoms in total.